The molecular formula is C15H24BrNO. The largest absolute Gasteiger partial charge is 0.339 e. The van der Waals surface area contributed by atoms with Gasteiger partial charge in [-0.05, 0) is 56.3 Å². The van der Waals surface area contributed by atoms with Crippen LogP contribution in [0.4, 0.5) is 0 Å². The van der Waals surface area contributed by atoms with Crippen molar-refractivity contribution in [2.75, 3.05) is 11.9 Å². The lowest BCUT2D eigenvalue weighted by Crippen LogP contribution is -2.45. The number of hydrogen-bond acceptors (Lipinski definition) is 1. The predicted molar refractivity (Wildman–Crippen MR) is 76.7 cm³/mol. The lowest BCUT2D eigenvalue weighted by atomic mass is 9.86. The number of rotatable bonds is 3. The third kappa shape index (κ3) is 2.48. The standard InChI is InChI=1S/C15H24BrNO/c16-10-14-3-1-2-6-17(14)15(18)9-13-8-11-4-5-12(13)7-11/h11-14H,1-10H2. The van der Waals surface area contributed by atoms with Gasteiger partial charge in [-0.25, -0.2) is 0 Å². The molecule has 1 aliphatic heterocycles. The van der Waals surface area contributed by atoms with E-state index in [-0.39, 0.29) is 0 Å². The average molecular weight is 314 g/mol. The summed E-state index contributed by atoms with van der Waals surface area (Å²) >= 11 is 3.57. The monoisotopic (exact) mass is 313 g/mol. The van der Waals surface area contributed by atoms with E-state index in [4.69, 9.17) is 0 Å². The van der Waals surface area contributed by atoms with Crippen LogP contribution < -0.4 is 0 Å². The van der Waals surface area contributed by atoms with Gasteiger partial charge >= 0.3 is 0 Å². The molecule has 3 aliphatic rings. The molecule has 3 heteroatoms. The molecule has 0 spiro atoms. The van der Waals surface area contributed by atoms with Gasteiger partial charge in [0, 0.05) is 24.3 Å². The van der Waals surface area contributed by atoms with Crippen molar-refractivity contribution in [3.05, 3.63) is 0 Å². The Balaban J connectivity index is 1.57. The minimum absolute atomic E-state index is 0.441. The van der Waals surface area contributed by atoms with E-state index in [0.29, 0.717) is 17.9 Å². The smallest absolute Gasteiger partial charge is 0.223 e. The zero-order chi connectivity index (χ0) is 12.5. The molecule has 0 aromatic heterocycles. The molecule has 3 rings (SSSR count). The fraction of sp³-hybridized carbons (Fsp3) is 0.933. The molecule has 4 atom stereocenters. The van der Waals surface area contributed by atoms with Crippen molar-refractivity contribution in [3.63, 3.8) is 0 Å². The summed E-state index contributed by atoms with van der Waals surface area (Å²) in [7, 11) is 0. The van der Waals surface area contributed by atoms with Gasteiger partial charge in [-0.2, -0.15) is 0 Å². The van der Waals surface area contributed by atoms with Crippen LogP contribution in [0.5, 0.6) is 0 Å². The van der Waals surface area contributed by atoms with Crippen molar-refractivity contribution in [3.8, 4) is 0 Å². The maximum absolute atomic E-state index is 12.5. The Kier molecular flexibility index (Phi) is 3.97. The van der Waals surface area contributed by atoms with Gasteiger partial charge in [-0.3, -0.25) is 4.79 Å². The SMILES string of the molecule is O=C(CC1CC2CCC1C2)N1CCCCC1CBr. The van der Waals surface area contributed by atoms with E-state index >= 15 is 0 Å². The Morgan fingerprint density at radius 3 is 2.72 bits per heavy atom. The zero-order valence-corrected chi connectivity index (χ0v) is 12.7. The summed E-state index contributed by atoms with van der Waals surface area (Å²) in [6.07, 6.45) is 10.1. The van der Waals surface area contributed by atoms with Gasteiger partial charge in [0.1, 0.15) is 0 Å². The molecule has 4 unspecified atom stereocenters. The average Bonchev–Trinajstić information content (AvgIpc) is 3.01. The Hall–Kier alpha value is -0.0500. The second-order valence-corrected chi connectivity index (χ2v) is 7.18. The highest BCUT2D eigenvalue weighted by atomic mass is 79.9. The molecule has 0 radical (unpaired) electrons. The van der Waals surface area contributed by atoms with E-state index in [9.17, 15) is 4.79 Å². The molecule has 1 amide bonds. The number of halogens is 1. The summed E-state index contributed by atoms with van der Waals surface area (Å²) in [4.78, 5) is 14.7. The second kappa shape index (κ2) is 5.52. The van der Waals surface area contributed by atoms with Crippen molar-refractivity contribution in [1.82, 2.24) is 4.90 Å². The lowest BCUT2D eigenvalue weighted by molar-refractivity contribution is -0.135. The highest BCUT2D eigenvalue weighted by Gasteiger charge is 2.41. The van der Waals surface area contributed by atoms with E-state index in [1.54, 1.807) is 0 Å². The van der Waals surface area contributed by atoms with Crippen LogP contribution in [0.2, 0.25) is 0 Å². The Morgan fingerprint density at radius 2 is 2.06 bits per heavy atom. The van der Waals surface area contributed by atoms with Crippen LogP contribution in [-0.2, 0) is 4.79 Å². The maximum Gasteiger partial charge on any atom is 0.223 e. The summed E-state index contributed by atoms with van der Waals surface area (Å²) < 4.78 is 0. The quantitative estimate of drug-likeness (QED) is 0.729. The summed E-state index contributed by atoms with van der Waals surface area (Å²) in [6.45, 7) is 0.996. The lowest BCUT2D eigenvalue weighted by Gasteiger charge is -2.36. The first kappa shape index (κ1) is 13.0. The Morgan fingerprint density at radius 1 is 1.17 bits per heavy atom. The molecular weight excluding hydrogens is 290 g/mol. The van der Waals surface area contributed by atoms with Crippen LogP contribution in [0.25, 0.3) is 0 Å². The van der Waals surface area contributed by atoms with E-state index in [1.165, 1.54) is 44.9 Å². The highest BCUT2D eigenvalue weighted by Crippen LogP contribution is 2.49. The number of nitrogens with zero attached hydrogens (tertiary/aromatic N) is 1. The molecule has 3 fully saturated rings. The summed E-state index contributed by atoms with van der Waals surface area (Å²) in [6, 6.07) is 0.463. The zero-order valence-electron chi connectivity index (χ0n) is 11.1. The minimum atomic E-state index is 0.441. The number of likely N-dealkylation sites (tertiary alicyclic amines) is 1. The first-order valence-corrected chi connectivity index (χ1v) is 8.75. The van der Waals surface area contributed by atoms with Crippen LogP contribution in [0, 0.1) is 17.8 Å². The Labute approximate surface area is 119 Å². The minimum Gasteiger partial charge on any atom is -0.339 e. The molecule has 1 heterocycles. The number of hydrogen-bond donors (Lipinski definition) is 0. The predicted octanol–water partition coefficient (Wildman–Crippen LogP) is 3.59. The summed E-state index contributed by atoms with van der Waals surface area (Å²) in [5.74, 6) is 3.00. The van der Waals surface area contributed by atoms with E-state index < -0.39 is 0 Å². The Bertz CT molecular complexity index is 320. The number of amides is 1. The molecule has 0 aromatic carbocycles. The highest BCUT2D eigenvalue weighted by molar-refractivity contribution is 9.09. The van der Waals surface area contributed by atoms with Gasteiger partial charge in [0.15, 0.2) is 0 Å². The van der Waals surface area contributed by atoms with Gasteiger partial charge < -0.3 is 4.90 Å². The normalized spacial score (nSPS) is 39.3. The maximum atomic E-state index is 12.5. The number of piperidine rings is 1. The summed E-state index contributed by atoms with van der Waals surface area (Å²) in [5.41, 5.74) is 0. The molecule has 2 nitrogen and oxygen atoms in total. The van der Waals surface area contributed by atoms with Crippen LogP contribution in [0.1, 0.15) is 51.4 Å². The van der Waals surface area contributed by atoms with Gasteiger partial charge in [-0.1, -0.05) is 22.4 Å². The fourth-order valence-corrected chi connectivity index (χ4v) is 5.13. The molecule has 2 saturated carbocycles. The molecule has 1 saturated heterocycles. The molecule has 102 valence electrons. The van der Waals surface area contributed by atoms with Crippen molar-refractivity contribution >= 4 is 21.8 Å². The number of alkyl halides is 1. The second-order valence-electron chi connectivity index (χ2n) is 6.53. The molecule has 0 N–H and O–H groups in total. The molecule has 18 heavy (non-hydrogen) atoms. The van der Waals surface area contributed by atoms with Gasteiger partial charge in [0.2, 0.25) is 5.91 Å². The van der Waals surface area contributed by atoms with Crippen LogP contribution >= 0.6 is 15.9 Å². The van der Waals surface area contributed by atoms with E-state index in [0.717, 1.165) is 30.1 Å². The van der Waals surface area contributed by atoms with Crippen LogP contribution in [0.3, 0.4) is 0 Å². The van der Waals surface area contributed by atoms with Gasteiger partial charge in [0.25, 0.3) is 0 Å². The summed E-state index contributed by atoms with van der Waals surface area (Å²) in [5, 5.41) is 0.954. The van der Waals surface area contributed by atoms with Crippen molar-refractivity contribution < 1.29 is 4.79 Å². The number of carbonyl (C=O) groups excluding carboxylic acids is 1. The molecule has 2 aliphatic carbocycles. The molecule has 0 aromatic rings. The third-order valence-electron chi connectivity index (χ3n) is 5.45. The first-order valence-electron chi connectivity index (χ1n) is 7.63. The molecule has 2 bridgehead atoms. The van der Waals surface area contributed by atoms with Gasteiger partial charge in [-0.15, -0.1) is 0 Å². The van der Waals surface area contributed by atoms with Crippen LogP contribution in [-0.4, -0.2) is 28.7 Å². The van der Waals surface area contributed by atoms with Gasteiger partial charge in [0.05, 0.1) is 0 Å². The number of fused-ring (bicyclic) bond motifs is 2. The van der Waals surface area contributed by atoms with Crippen molar-refractivity contribution in [2.24, 2.45) is 17.8 Å². The topological polar surface area (TPSA) is 20.3 Å². The van der Waals surface area contributed by atoms with Crippen molar-refractivity contribution in [1.29, 1.82) is 0 Å². The number of carbonyl (C=O) groups is 1. The van der Waals surface area contributed by atoms with E-state index in [1.807, 2.05) is 0 Å². The van der Waals surface area contributed by atoms with Crippen molar-refractivity contribution in [2.45, 2.75) is 57.4 Å². The van der Waals surface area contributed by atoms with Crippen LogP contribution in [0.15, 0.2) is 0 Å². The first-order chi connectivity index (χ1) is 8.78. The third-order valence-corrected chi connectivity index (χ3v) is 6.19. The van der Waals surface area contributed by atoms with E-state index in [2.05, 4.69) is 20.8 Å². The fourth-order valence-electron chi connectivity index (χ4n) is 4.46.